The van der Waals surface area contributed by atoms with Crippen LogP contribution in [0, 0.1) is 23.2 Å². The Labute approximate surface area is 223 Å². The number of nitriles is 1. The summed E-state index contributed by atoms with van der Waals surface area (Å²) in [5.41, 5.74) is 3.50. The number of carbonyl (C=O) groups is 1. The monoisotopic (exact) mass is 551 g/mol. The quantitative estimate of drug-likeness (QED) is 0.300. The topological polar surface area (TPSA) is 161 Å². The number of benzene rings is 1. The summed E-state index contributed by atoms with van der Waals surface area (Å²) < 4.78 is 28.9. The predicted octanol–water partition coefficient (Wildman–Crippen LogP) is 2.79. The van der Waals surface area contributed by atoms with E-state index in [4.69, 9.17) is 5.14 Å². The molecule has 0 bridgehead atoms. The van der Waals surface area contributed by atoms with Gasteiger partial charge in [-0.05, 0) is 65.8 Å². The molecule has 1 saturated carbocycles. The number of aromatic nitrogens is 3. The van der Waals surface area contributed by atoms with Gasteiger partial charge in [0.25, 0.3) is 0 Å². The fourth-order valence-corrected chi connectivity index (χ4v) is 6.24. The molecule has 0 aliphatic heterocycles. The van der Waals surface area contributed by atoms with Crippen LogP contribution in [-0.2, 0) is 27.5 Å². The smallest absolute Gasteiger partial charge is 0.333 e. The van der Waals surface area contributed by atoms with Crippen molar-refractivity contribution in [3.8, 4) is 6.07 Å². The normalized spacial score (nSPS) is 19.6. The maximum Gasteiger partial charge on any atom is 0.333 e. The number of hydrogen-bond donors (Lipinski definition) is 2. The lowest BCUT2D eigenvalue weighted by molar-refractivity contribution is 0.100. The first kappa shape index (κ1) is 26.1. The van der Waals surface area contributed by atoms with E-state index in [0.29, 0.717) is 47.5 Å². The molecule has 38 heavy (non-hydrogen) atoms. The minimum Gasteiger partial charge on any atom is -0.393 e. The summed E-state index contributed by atoms with van der Waals surface area (Å²) in [5, 5.41) is 27.5. The van der Waals surface area contributed by atoms with Crippen molar-refractivity contribution in [1.82, 2.24) is 14.5 Å². The zero-order valence-corrected chi connectivity index (χ0v) is 21.9. The van der Waals surface area contributed by atoms with E-state index in [1.54, 1.807) is 6.07 Å². The van der Waals surface area contributed by atoms with Crippen molar-refractivity contribution < 1.29 is 22.5 Å². The summed E-state index contributed by atoms with van der Waals surface area (Å²) in [6, 6.07) is 11.6. The molecule has 196 valence electrons. The van der Waals surface area contributed by atoms with E-state index in [9.17, 15) is 23.6 Å². The van der Waals surface area contributed by atoms with Crippen LogP contribution in [0.3, 0.4) is 0 Å². The van der Waals surface area contributed by atoms with Gasteiger partial charge in [0.2, 0.25) is 5.78 Å². The maximum absolute atomic E-state index is 13.4. The third kappa shape index (κ3) is 5.82. The van der Waals surface area contributed by atoms with Gasteiger partial charge in [-0.1, -0.05) is 6.07 Å². The molecule has 3 aromatic heterocycles. The highest BCUT2D eigenvalue weighted by Gasteiger charge is 2.35. The van der Waals surface area contributed by atoms with Crippen LogP contribution in [-0.4, -0.2) is 46.6 Å². The fraction of sp³-hybridized carbons (Fsp3) is 0.308. The number of nitrogens with two attached hydrogens (primary N) is 1. The van der Waals surface area contributed by atoms with Crippen molar-refractivity contribution >= 4 is 38.3 Å². The molecule has 1 aliphatic carbocycles. The van der Waals surface area contributed by atoms with Crippen molar-refractivity contribution in [2.24, 2.45) is 17.0 Å². The van der Waals surface area contributed by atoms with Crippen LogP contribution >= 0.6 is 11.3 Å². The van der Waals surface area contributed by atoms with Gasteiger partial charge in [0, 0.05) is 30.4 Å². The van der Waals surface area contributed by atoms with Crippen LogP contribution in [0.4, 0.5) is 0 Å². The van der Waals surface area contributed by atoms with E-state index in [2.05, 4.69) is 20.2 Å². The zero-order valence-electron chi connectivity index (χ0n) is 20.2. The molecule has 1 aromatic carbocycles. The van der Waals surface area contributed by atoms with Crippen LogP contribution < -0.4 is 5.14 Å². The standard InChI is InChI=1S/C26H25N5O5S2/c27-10-16-1-2-19-3-4-31(23(19)7-16)12-18-9-25(37-14-18)26(33)21-11-29-15-30-22(21)6-17-5-20(24(32)8-17)13-36-38(28,34)35/h1-4,7,9,11,14-15,17,20,24,32H,5-6,8,12-13H2,(H2,28,34,35)/t17-,20+,24-/m0/s1. The molecule has 0 amide bonds. The molecule has 1 aliphatic rings. The number of carbonyl (C=O) groups excluding carboxylic acids is 1. The lowest BCUT2D eigenvalue weighted by Crippen LogP contribution is -2.24. The van der Waals surface area contributed by atoms with Crippen molar-refractivity contribution in [2.45, 2.75) is 31.9 Å². The zero-order chi connectivity index (χ0) is 26.9. The Morgan fingerprint density at radius 3 is 2.92 bits per heavy atom. The summed E-state index contributed by atoms with van der Waals surface area (Å²) >= 11 is 1.35. The van der Waals surface area contributed by atoms with Gasteiger partial charge in [-0.25, -0.2) is 15.1 Å². The number of hydrogen-bond acceptors (Lipinski definition) is 9. The van der Waals surface area contributed by atoms with E-state index in [0.717, 1.165) is 16.5 Å². The van der Waals surface area contributed by atoms with Crippen LogP contribution in [0.25, 0.3) is 10.9 Å². The average Bonchev–Trinajstić information content (AvgIpc) is 3.61. The number of ketones is 1. The Kier molecular flexibility index (Phi) is 7.38. The number of aliphatic hydroxyl groups is 1. The number of thiophene rings is 1. The second-order valence-electron chi connectivity index (χ2n) is 9.51. The largest absolute Gasteiger partial charge is 0.393 e. The molecule has 5 rings (SSSR count). The first-order valence-corrected chi connectivity index (χ1v) is 14.3. The van der Waals surface area contributed by atoms with Gasteiger partial charge in [-0.2, -0.15) is 13.7 Å². The maximum atomic E-state index is 13.4. The lowest BCUT2D eigenvalue weighted by Gasteiger charge is -2.13. The predicted molar refractivity (Wildman–Crippen MR) is 141 cm³/mol. The molecule has 0 unspecified atom stereocenters. The van der Waals surface area contributed by atoms with Gasteiger partial charge in [0.15, 0.2) is 0 Å². The molecule has 0 spiro atoms. The van der Waals surface area contributed by atoms with E-state index in [1.807, 2.05) is 40.4 Å². The van der Waals surface area contributed by atoms with Crippen molar-refractivity contribution in [3.63, 3.8) is 0 Å². The highest BCUT2D eigenvalue weighted by Crippen LogP contribution is 2.34. The minimum atomic E-state index is -4.08. The highest BCUT2D eigenvalue weighted by atomic mass is 32.2. The molecule has 3 atom stereocenters. The van der Waals surface area contributed by atoms with Gasteiger partial charge in [0.1, 0.15) is 6.33 Å². The Balaban J connectivity index is 1.29. The van der Waals surface area contributed by atoms with E-state index < -0.39 is 16.4 Å². The van der Waals surface area contributed by atoms with Crippen LogP contribution in [0.5, 0.6) is 0 Å². The summed E-state index contributed by atoms with van der Waals surface area (Å²) in [4.78, 5) is 22.4. The molecule has 0 saturated heterocycles. The number of nitrogens with zero attached hydrogens (tertiary/aromatic N) is 4. The molecular formula is C26H25N5O5S2. The first-order valence-electron chi connectivity index (χ1n) is 12.0. The highest BCUT2D eigenvalue weighted by molar-refractivity contribution is 7.84. The summed E-state index contributed by atoms with van der Waals surface area (Å²) in [7, 11) is -4.08. The third-order valence-electron chi connectivity index (χ3n) is 6.86. The van der Waals surface area contributed by atoms with E-state index in [-0.39, 0.29) is 24.2 Å². The van der Waals surface area contributed by atoms with E-state index >= 15 is 0 Å². The van der Waals surface area contributed by atoms with Crippen molar-refractivity contribution in [2.75, 3.05) is 6.61 Å². The molecule has 0 radical (unpaired) electrons. The SMILES string of the molecule is N#Cc1ccc2ccn(Cc3csc(C(=O)c4cncnc4C[C@@H]4C[C@H](COS(N)(=O)=O)[C@@H](O)C4)c3)c2c1. The van der Waals surface area contributed by atoms with Crippen molar-refractivity contribution in [3.05, 3.63) is 81.7 Å². The summed E-state index contributed by atoms with van der Waals surface area (Å²) in [6.07, 6.45) is 5.56. The number of aliphatic hydroxyl groups excluding tert-OH is 1. The van der Waals surface area contributed by atoms with Crippen molar-refractivity contribution in [1.29, 1.82) is 5.26 Å². The average molecular weight is 552 g/mol. The Morgan fingerprint density at radius 1 is 1.29 bits per heavy atom. The molecule has 3 N–H and O–H groups in total. The van der Waals surface area contributed by atoms with Gasteiger partial charge >= 0.3 is 10.3 Å². The third-order valence-corrected chi connectivity index (χ3v) is 8.30. The number of rotatable bonds is 9. The molecule has 12 heteroatoms. The van der Waals surface area contributed by atoms with Crippen LogP contribution in [0.1, 0.15) is 44.9 Å². The van der Waals surface area contributed by atoms with Gasteiger partial charge in [0.05, 0.1) is 40.5 Å². The molecule has 3 heterocycles. The molecule has 10 nitrogen and oxygen atoms in total. The summed E-state index contributed by atoms with van der Waals surface area (Å²) in [5.74, 6) is -0.540. The van der Waals surface area contributed by atoms with Crippen LogP contribution in [0.2, 0.25) is 0 Å². The number of fused-ring (bicyclic) bond motifs is 1. The lowest BCUT2D eigenvalue weighted by atomic mass is 9.96. The Morgan fingerprint density at radius 2 is 2.13 bits per heavy atom. The Bertz CT molecular complexity index is 1640. The Hall–Kier alpha value is -3.47. The van der Waals surface area contributed by atoms with Gasteiger partial charge in [-0.15, -0.1) is 11.3 Å². The van der Waals surface area contributed by atoms with Crippen LogP contribution in [0.15, 0.2) is 54.4 Å². The fourth-order valence-electron chi connectivity index (χ4n) is 5.02. The second-order valence-corrected chi connectivity index (χ2v) is 11.6. The minimum absolute atomic E-state index is 0.000233. The second kappa shape index (κ2) is 10.7. The van der Waals surface area contributed by atoms with Gasteiger partial charge in [-0.3, -0.25) is 8.98 Å². The first-order chi connectivity index (χ1) is 18.2. The van der Waals surface area contributed by atoms with Gasteiger partial charge < -0.3 is 9.67 Å². The summed E-state index contributed by atoms with van der Waals surface area (Å²) in [6.45, 7) is 0.376. The molecule has 4 aromatic rings. The molecule has 1 fully saturated rings. The van der Waals surface area contributed by atoms with E-state index in [1.165, 1.54) is 23.9 Å². The molecular weight excluding hydrogens is 526 g/mol.